The van der Waals surface area contributed by atoms with Gasteiger partial charge in [-0.15, -0.1) is 0 Å². The van der Waals surface area contributed by atoms with E-state index in [0.717, 1.165) is 33.3 Å². The highest BCUT2D eigenvalue weighted by Gasteiger charge is 2.18. The van der Waals surface area contributed by atoms with Gasteiger partial charge in [-0.2, -0.15) is 0 Å². The number of aromatic nitrogens is 1. The number of pyridine rings is 1. The largest absolute Gasteiger partial charge is 0.494 e. The first-order chi connectivity index (χ1) is 20.4. The number of benzene rings is 4. The number of carbonyl (C=O) groups excluding carboxylic acids is 1. The third-order valence-corrected chi connectivity index (χ3v) is 7.34. The molecule has 0 unspecified atom stereocenters. The highest BCUT2D eigenvalue weighted by Crippen LogP contribution is 2.36. The number of carbonyl (C=O) groups is 1. The van der Waals surface area contributed by atoms with Crippen LogP contribution in [0.4, 0.5) is 11.4 Å². The Labute approximate surface area is 254 Å². The van der Waals surface area contributed by atoms with Crippen LogP contribution in [0.1, 0.15) is 42.4 Å². The topological polar surface area (TPSA) is 80.4 Å². The van der Waals surface area contributed by atoms with Crippen molar-refractivity contribution < 1.29 is 14.3 Å². The van der Waals surface area contributed by atoms with E-state index in [1.807, 2.05) is 84.9 Å². The summed E-state index contributed by atoms with van der Waals surface area (Å²) in [5, 5.41) is 5.62. The first-order valence-electron chi connectivity index (χ1n) is 13.7. The van der Waals surface area contributed by atoms with E-state index < -0.39 is 0 Å². The first kappa shape index (κ1) is 29.2. The fraction of sp³-hybridized carbons (Fsp3) is 0.176. The van der Waals surface area contributed by atoms with Gasteiger partial charge in [0, 0.05) is 39.5 Å². The molecule has 5 rings (SSSR count). The van der Waals surface area contributed by atoms with Crippen LogP contribution in [0, 0.1) is 0 Å². The molecular formula is C34H30Cl2N2O4. The number of hydrogen-bond acceptors (Lipinski definition) is 5. The van der Waals surface area contributed by atoms with Crippen molar-refractivity contribution in [2.24, 2.45) is 0 Å². The van der Waals surface area contributed by atoms with Gasteiger partial charge in [-0.1, -0.05) is 53.5 Å². The lowest BCUT2D eigenvalue weighted by Gasteiger charge is -2.20. The van der Waals surface area contributed by atoms with Gasteiger partial charge in [0.1, 0.15) is 5.75 Å². The van der Waals surface area contributed by atoms with Crippen LogP contribution in [0.25, 0.3) is 10.9 Å². The molecule has 1 aromatic heterocycles. The standard InChI is InChI=1S/C34H30Cl2N2O4/c1-2-41-33(40)4-3-19-42-28-16-14-27(15-17-28)37-31-21-32(39)38-30-18-9-24(20-29(30)31)34(22-5-10-25(35)11-6-22)23-7-12-26(36)13-8-23/h5-18,20-21,34H,2-4,19H2,1H3,(H2,37,38,39). The summed E-state index contributed by atoms with van der Waals surface area (Å²) in [5.74, 6) is 0.390. The lowest BCUT2D eigenvalue weighted by Crippen LogP contribution is -2.08. The molecule has 6 nitrogen and oxygen atoms in total. The van der Waals surface area contributed by atoms with E-state index in [2.05, 4.69) is 16.4 Å². The predicted octanol–water partition coefficient (Wildman–Crippen LogP) is 8.48. The number of esters is 1. The minimum Gasteiger partial charge on any atom is -0.494 e. The van der Waals surface area contributed by atoms with Crippen molar-refractivity contribution in [3.05, 3.63) is 134 Å². The summed E-state index contributed by atoms with van der Waals surface area (Å²) in [6, 6.07) is 30.8. The molecule has 0 atom stereocenters. The number of aromatic amines is 1. The van der Waals surface area contributed by atoms with Gasteiger partial charge in [0.05, 0.1) is 24.4 Å². The number of fused-ring (bicyclic) bond motifs is 1. The zero-order valence-electron chi connectivity index (χ0n) is 23.0. The van der Waals surface area contributed by atoms with Crippen molar-refractivity contribution in [1.29, 1.82) is 0 Å². The zero-order chi connectivity index (χ0) is 29.5. The number of anilines is 2. The lowest BCUT2D eigenvalue weighted by atomic mass is 9.84. The molecule has 0 saturated heterocycles. The maximum atomic E-state index is 12.5. The van der Waals surface area contributed by atoms with Gasteiger partial charge in [-0.25, -0.2) is 0 Å². The molecule has 4 aromatic carbocycles. The molecule has 0 aliphatic carbocycles. The predicted molar refractivity (Wildman–Crippen MR) is 170 cm³/mol. The normalized spacial score (nSPS) is 11.0. The summed E-state index contributed by atoms with van der Waals surface area (Å²) in [4.78, 5) is 27.0. The Balaban J connectivity index is 1.41. The summed E-state index contributed by atoms with van der Waals surface area (Å²) in [7, 11) is 0. The molecule has 0 spiro atoms. The summed E-state index contributed by atoms with van der Waals surface area (Å²) >= 11 is 12.4. The zero-order valence-corrected chi connectivity index (χ0v) is 24.5. The van der Waals surface area contributed by atoms with Crippen LogP contribution in [0.15, 0.2) is 102 Å². The molecule has 0 saturated carbocycles. The van der Waals surface area contributed by atoms with Crippen molar-refractivity contribution in [2.45, 2.75) is 25.7 Å². The quantitative estimate of drug-likeness (QED) is 0.0902. The number of ether oxygens (including phenoxy) is 2. The van der Waals surface area contributed by atoms with Gasteiger partial charge in [0.25, 0.3) is 0 Å². The summed E-state index contributed by atoms with van der Waals surface area (Å²) in [5.41, 5.74) is 5.22. The average Bonchev–Trinajstić information content (AvgIpc) is 2.98. The summed E-state index contributed by atoms with van der Waals surface area (Å²) in [6.07, 6.45) is 0.898. The first-order valence-corrected chi connectivity index (χ1v) is 14.5. The van der Waals surface area contributed by atoms with Gasteiger partial charge >= 0.3 is 5.97 Å². The van der Waals surface area contributed by atoms with E-state index in [0.29, 0.717) is 47.5 Å². The van der Waals surface area contributed by atoms with Crippen molar-refractivity contribution >= 4 is 51.4 Å². The van der Waals surface area contributed by atoms with E-state index >= 15 is 0 Å². The van der Waals surface area contributed by atoms with E-state index in [1.165, 1.54) is 0 Å². The molecule has 8 heteroatoms. The van der Waals surface area contributed by atoms with E-state index in [1.54, 1.807) is 13.0 Å². The molecular weight excluding hydrogens is 571 g/mol. The van der Waals surface area contributed by atoms with Crippen LogP contribution in [-0.4, -0.2) is 24.2 Å². The van der Waals surface area contributed by atoms with Crippen molar-refractivity contribution in [1.82, 2.24) is 4.98 Å². The summed E-state index contributed by atoms with van der Waals surface area (Å²) in [6.45, 7) is 2.58. The van der Waals surface area contributed by atoms with Crippen molar-refractivity contribution in [3.8, 4) is 5.75 Å². The average molecular weight is 602 g/mol. The Morgan fingerprint density at radius 3 is 2.07 bits per heavy atom. The molecule has 0 aliphatic heterocycles. The van der Waals surface area contributed by atoms with E-state index in [-0.39, 0.29) is 17.4 Å². The molecule has 2 N–H and O–H groups in total. The Morgan fingerprint density at radius 2 is 1.45 bits per heavy atom. The van der Waals surface area contributed by atoms with Crippen LogP contribution in [0.2, 0.25) is 10.0 Å². The van der Waals surface area contributed by atoms with Crippen molar-refractivity contribution in [3.63, 3.8) is 0 Å². The number of hydrogen-bond donors (Lipinski definition) is 2. The van der Waals surface area contributed by atoms with Crippen LogP contribution in [0.3, 0.4) is 0 Å². The maximum Gasteiger partial charge on any atom is 0.305 e. The third-order valence-electron chi connectivity index (χ3n) is 6.84. The van der Waals surface area contributed by atoms with Gasteiger partial charge in [0.2, 0.25) is 5.56 Å². The second kappa shape index (κ2) is 13.6. The molecule has 0 fully saturated rings. The Bertz CT molecular complexity index is 1670. The smallest absolute Gasteiger partial charge is 0.305 e. The SMILES string of the molecule is CCOC(=O)CCCOc1ccc(Nc2cc(=O)[nH]c3ccc(C(c4ccc(Cl)cc4)c4ccc(Cl)cc4)cc23)cc1. The Kier molecular flexibility index (Phi) is 9.47. The third kappa shape index (κ3) is 7.32. The van der Waals surface area contributed by atoms with Gasteiger partial charge in [-0.3, -0.25) is 9.59 Å². The number of halogens is 2. The van der Waals surface area contributed by atoms with Gasteiger partial charge < -0.3 is 19.8 Å². The van der Waals surface area contributed by atoms with Crippen molar-refractivity contribution in [2.75, 3.05) is 18.5 Å². The van der Waals surface area contributed by atoms with E-state index in [9.17, 15) is 9.59 Å². The highest BCUT2D eigenvalue weighted by atomic mass is 35.5. The fourth-order valence-electron chi connectivity index (χ4n) is 4.87. The molecule has 42 heavy (non-hydrogen) atoms. The Hall–Kier alpha value is -4.26. The summed E-state index contributed by atoms with van der Waals surface area (Å²) < 4.78 is 10.7. The molecule has 0 bridgehead atoms. The highest BCUT2D eigenvalue weighted by molar-refractivity contribution is 6.30. The van der Waals surface area contributed by atoms with Crippen LogP contribution >= 0.6 is 23.2 Å². The minimum atomic E-state index is -0.221. The second-order valence-corrected chi connectivity index (χ2v) is 10.7. The van der Waals surface area contributed by atoms with Crippen LogP contribution in [-0.2, 0) is 9.53 Å². The molecule has 1 heterocycles. The van der Waals surface area contributed by atoms with Crippen LogP contribution in [0.5, 0.6) is 5.75 Å². The minimum absolute atomic E-state index is 0.0797. The Morgan fingerprint density at radius 1 is 0.833 bits per heavy atom. The molecule has 5 aromatic rings. The maximum absolute atomic E-state index is 12.5. The number of nitrogens with one attached hydrogen (secondary N) is 2. The molecule has 0 amide bonds. The fourth-order valence-corrected chi connectivity index (χ4v) is 5.12. The second-order valence-electron chi connectivity index (χ2n) is 9.79. The molecule has 214 valence electrons. The monoisotopic (exact) mass is 600 g/mol. The number of H-pyrrole nitrogens is 1. The van der Waals surface area contributed by atoms with E-state index in [4.69, 9.17) is 32.7 Å². The number of rotatable bonds is 11. The van der Waals surface area contributed by atoms with Gasteiger partial charge in [0.15, 0.2) is 0 Å². The van der Waals surface area contributed by atoms with Gasteiger partial charge in [-0.05, 0) is 90.7 Å². The molecule has 0 aliphatic rings. The van der Waals surface area contributed by atoms with Crippen LogP contribution < -0.4 is 15.6 Å². The lowest BCUT2D eigenvalue weighted by molar-refractivity contribution is -0.143. The molecule has 0 radical (unpaired) electrons.